The molecule has 1 heterocycles. The summed E-state index contributed by atoms with van der Waals surface area (Å²) in [4.78, 5) is 27.2. The first-order valence-corrected chi connectivity index (χ1v) is 11.6. The van der Waals surface area contributed by atoms with Gasteiger partial charge < -0.3 is 15.4 Å². The number of halogens is 1. The largest absolute Gasteiger partial charge is 0.496 e. The van der Waals surface area contributed by atoms with Gasteiger partial charge in [0.05, 0.1) is 23.4 Å². The minimum absolute atomic E-state index is 0.0858. The van der Waals surface area contributed by atoms with E-state index in [9.17, 15) is 9.59 Å². The SMILES string of the molecule is CCC(=O)Nc1cc(OC)c(C(=O)N[C@H]2CCN(C3CCc4ccccc4C3)C2)cc1Cl. The van der Waals surface area contributed by atoms with E-state index in [0.717, 1.165) is 38.8 Å². The summed E-state index contributed by atoms with van der Waals surface area (Å²) in [5.41, 5.74) is 3.73. The number of rotatable bonds is 6. The van der Waals surface area contributed by atoms with Crippen LogP contribution < -0.4 is 15.4 Å². The molecule has 2 aromatic rings. The molecule has 32 heavy (non-hydrogen) atoms. The van der Waals surface area contributed by atoms with Gasteiger partial charge in [0.1, 0.15) is 5.75 Å². The third-order valence-corrected chi connectivity index (χ3v) is 6.83. The van der Waals surface area contributed by atoms with Crippen LogP contribution in [0.2, 0.25) is 5.02 Å². The first-order chi connectivity index (χ1) is 15.5. The molecule has 2 aliphatic rings. The second-order valence-corrected chi connectivity index (χ2v) is 8.96. The van der Waals surface area contributed by atoms with Crippen LogP contribution in [0.1, 0.15) is 47.7 Å². The van der Waals surface area contributed by atoms with E-state index in [1.54, 1.807) is 19.1 Å². The molecule has 1 saturated heterocycles. The van der Waals surface area contributed by atoms with Gasteiger partial charge in [-0.05, 0) is 42.9 Å². The zero-order chi connectivity index (χ0) is 22.7. The van der Waals surface area contributed by atoms with Crippen LogP contribution in [-0.4, -0.2) is 49.0 Å². The number of carbonyl (C=O) groups is 2. The zero-order valence-corrected chi connectivity index (χ0v) is 19.4. The normalized spacial score (nSPS) is 20.5. The van der Waals surface area contributed by atoms with Crippen molar-refractivity contribution in [3.05, 3.63) is 58.1 Å². The van der Waals surface area contributed by atoms with Crippen LogP contribution in [0, 0.1) is 0 Å². The lowest BCUT2D eigenvalue weighted by Gasteiger charge is -2.32. The van der Waals surface area contributed by atoms with Crippen molar-refractivity contribution in [2.24, 2.45) is 0 Å². The van der Waals surface area contributed by atoms with Gasteiger partial charge in [0.2, 0.25) is 5.91 Å². The molecule has 0 aromatic heterocycles. The zero-order valence-electron chi connectivity index (χ0n) is 18.6. The van der Waals surface area contributed by atoms with Crippen LogP contribution in [-0.2, 0) is 17.6 Å². The molecule has 1 aliphatic carbocycles. The van der Waals surface area contributed by atoms with E-state index in [1.807, 2.05) is 0 Å². The Kier molecular flexibility index (Phi) is 7.01. The van der Waals surface area contributed by atoms with E-state index in [1.165, 1.54) is 18.2 Å². The molecule has 4 rings (SSSR count). The summed E-state index contributed by atoms with van der Waals surface area (Å²) in [6, 6.07) is 12.5. The van der Waals surface area contributed by atoms with E-state index in [4.69, 9.17) is 16.3 Å². The maximum atomic E-state index is 13.0. The number of aryl methyl sites for hydroxylation is 1. The standard InChI is InChI=1S/C25H30ClN3O3/c1-3-24(30)28-22-14-23(32-2)20(13-21(22)26)25(31)27-18-10-11-29(15-18)19-9-8-16-6-4-5-7-17(16)12-19/h4-7,13-14,18-19H,3,8-12,15H2,1-2H3,(H,27,31)(H,28,30)/t18-,19?/m0/s1. The minimum atomic E-state index is -0.210. The Bertz CT molecular complexity index is 1010. The predicted octanol–water partition coefficient (Wildman–Crippen LogP) is 4.06. The molecule has 2 amide bonds. The van der Waals surface area contributed by atoms with Crippen LogP contribution in [0.4, 0.5) is 5.69 Å². The quantitative estimate of drug-likeness (QED) is 0.689. The van der Waals surface area contributed by atoms with Crippen LogP contribution >= 0.6 is 11.6 Å². The van der Waals surface area contributed by atoms with E-state index in [-0.39, 0.29) is 17.9 Å². The molecule has 2 aromatic carbocycles. The third-order valence-electron chi connectivity index (χ3n) is 6.52. The fourth-order valence-corrected chi connectivity index (χ4v) is 4.94. The number of methoxy groups -OCH3 is 1. The highest BCUT2D eigenvalue weighted by molar-refractivity contribution is 6.34. The number of amides is 2. The van der Waals surface area contributed by atoms with Gasteiger partial charge in [0.25, 0.3) is 5.91 Å². The van der Waals surface area contributed by atoms with Gasteiger partial charge in [-0.15, -0.1) is 0 Å². The Hall–Kier alpha value is -2.57. The molecular weight excluding hydrogens is 426 g/mol. The molecule has 0 spiro atoms. The molecule has 2 atom stereocenters. The van der Waals surface area contributed by atoms with Crippen LogP contribution in [0.25, 0.3) is 0 Å². The Morgan fingerprint density at radius 3 is 2.72 bits per heavy atom. The van der Waals surface area contributed by atoms with Gasteiger partial charge in [-0.3, -0.25) is 14.5 Å². The highest BCUT2D eigenvalue weighted by atomic mass is 35.5. The first kappa shape index (κ1) is 22.6. The van der Waals surface area contributed by atoms with Gasteiger partial charge in [-0.1, -0.05) is 42.8 Å². The van der Waals surface area contributed by atoms with Crippen molar-refractivity contribution in [3.63, 3.8) is 0 Å². The lowest BCUT2D eigenvalue weighted by atomic mass is 9.88. The third kappa shape index (κ3) is 4.92. The Balaban J connectivity index is 1.39. The van der Waals surface area contributed by atoms with Crippen molar-refractivity contribution in [3.8, 4) is 5.75 Å². The molecule has 1 unspecified atom stereocenters. The molecule has 1 fully saturated rings. The molecular formula is C25H30ClN3O3. The summed E-state index contributed by atoms with van der Waals surface area (Å²) >= 11 is 6.33. The van der Waals surface area contributed by atoms with Crippen molar-refractivity contribution >= 4 is 29.1 Å². The van der Waals surface area contributed by atoms with Crippen molar-refractivity contribution in [2.45, 2.75) is 51.1 Å². The second kappa shape index (κ2) is 9.92. The monoisotopic (exact) mass is 455 g/mol. The average Bonchev–Trinajstić information content (AvgIpc) is 3.28. The number of nitrogens with one attached hydrogen (secondary N) is 2. The molecule has 7 heteroatoms. The Labute approximate surface area is 194 Å². The van der Waals surface area contributed by atoms with E-state index >= 15 is 0 Å². The highest BCUT2D eigenvalue weighted by Gasteiger charge is 2.31. The molecule has 170 valence electrons. The summed E-state index contributed by atoms with van der Waals surface area (Å²) in [6.45, 7) is 3.59. The summed E-state index contributed by atoms with van der Waals surface area (Å²) < 4.78 is 5.41. The number of carbonyl (C=O) groups excluding carboxylic acids is 2. The fourth-order valence-electron chi connectivity index (χ4n) is 4.72. The number of nitrogens with zero attached hydrogens (tertiary/aromatic N) is 1. The van der Waals surface area contributed by atoms with Crippen molar-refractivity contribution in [2.75, 3.05) is 25.5 Å². The van der Waals surface area contributed by atoms with E-state index in [2.05, 4.69) is 39.8 Å². The smallest absolute Gasteiger partial charge is 0.255 e. The van der Waals surface area contributed by atoms with Crippen molar-refractivity contribution < 1.29 is 14.3 Å². The Morgan fingerprint density at radius 1 is 1.19 bits per heavy atom. The summed E-state index contributed by atoms with van der Waals surface area (Å²) in [5, 5.41) is 6.20. The molecule has 1 aliphatic heterocycles. The van der Waals surface area contributed by atoms with Crippen LogP contribution in [0.5, 0.6) is 5.75 Å². The summed E-state index contributed by atoms with van der Waals surface area (Å²) in [7, 11) is 1.50. The lowest BCUT2D eigenvalue weighted by Crippen LogP contribution is -2.41. The number of anilines is 1. The maximum Gasteiger partial charge on any atom is 0.255 e. The minimum Gasteiger partial charge on any atom is -0.496 e. The predicted molar refractivity (Wildman–Crippen MR) is 127 cm³/mol. The van der Waals surface area contributed by atoms with Gasteiger partial charge in [-0.25, -0.2) is 0 Å². The molecule has 0 radical (unpaired) electrons. The van der Waals surface area contributed by atoms with Gasteiger partial charge in [0.15, 0.2) is 0 Å². The Morgan fingerprint density at radius 2 is 1.97 bits per heavy atom. The first-order valence-electron chi connectivity index (χ1n) is 11.3. The van der Waals surface area contributed by atoms with Crippen molar-refractivity contribution in [1.29, 1.82) is 0 Å². The van der Waals surface area contributed by atoms with Crippen molar-refractivity contribution in [1.82, 2.24) is 10.2 Å². The van der Waals surface area contributed by atoms with Gasteiger partial charge >= 0.3 is 0 Å². The second-order valence-electron chi connectivity index (χ2n) is 8.55. The maximum absolute atomic E-state index is 13.0. The number of benzene rings is 2. The number of ether oxygens (including phenoxy) is 1. The average molecular weight is 456 g/mol. The molecule has 0 bridgehead atoms. The fraction of sp³-hybridized carbons (Fsp3) is 0.440. The number of hydrogen-bond acceptors (Lipinski definition) is 4. The topological polar surface area (TPSA) is 70.7 Å². The molecule has 2 N–H and O–H groups in total. The van der Waals surface area contributed by atoms with Crippen LogP contribution in [0.15, 0.2) is 36.4 Å². The molecule has 6 nitrogen and oxygen atoms in total. The summed E-state index contributed by atoms with van der Waals surface area (Å²) in [5.74, 6) is 0.0255. The number of fused-ring (bicyclic) bond motifs is 1. The van der Waals surface area contributed by atoms with Crippen LogP contribution in [0.3, 0.4) is 0 Å². The number of likely N-dealkylation sites (tertiary alicyclic amines) is 1. The summed E-state index contributed by atoms with van der Waals surface area (Å²) in [6.07, 6.45) is 4.61. The van der Waals surface area contributed by atoms with E-state index in [0.29, 0.717) is 34.5 Å². The lowest BCUT2D eigenvalue weighted by molar-refractivity contribution is -0.115. The molecule has 0 saturated carbocycles. The number of hydrogen-bond donors (Lipinski definition) is 2. The van der Waals surface area contributed by atoms with Gasteiger partial charge in [-0.2, -0.15) is 0 Å². The van der Waals surface area contributed by atoms with Gasteiger partial charge in [0, 0.05) is 37.7 Å². The van der Waals surface area contributed by atoms with E-state index < -0.39 is 0 Å². The highest BCUT2D eigenvalue weighted by Crippen LogP contribution is 2.32.